The molecule has 2 aromatic carbocycles. The Labute approximate surface area is 317 Å². The smallest absolute Gasteiger partial charge is 0.423 e. The van der Waals surface area contributed by atoms with Crippen molar-refractivity contribution in [1.82, 2.24) is 19.9 Å². The minimum atomic E-state index is -5.25. The zero-order valence-corrected chi connectivity index (χ0v) is 30.5. The quantitative estimate of drug-likeness (QED) is 0.105. The first-order valence-corrected chi connectivity index (χ1v) is 16.3. The standard InChI is InChI=1S/C17H15Cl2F3N2O3.C16H13Cl2F3N2O3/c1-9-7-23-8-14(24-9)16(26,17(20,21)22)12(6-15(25)27-2)11-4-3-10(18)5-13(11)19;1-8-6-22-7-13(23-8)15(26,16(19,20)21)11(5-14(24)25)10-3-2-9(17)4-12(10)18/h3-5,7-8,12,26H,6H2,1-2H3;2-4,6-7,11,26H,5H2,1H3,(H,24,25). The summed E-state index contributed by atoms with van der Waals surface area (Å²) in [7, 11) is 1.03. The van der Waals surface area contributed by atoms with Gasteiger partial charge in [-0.2, -0.15) is 26.3 Å². The molecule has 0 spiro atoms. The molecule has 0 radical (unpaired) electrons. The number of ether oxygens (including phenoxy) is 1. The van der Waals surface area contributed by atoms with E-state index in [-0.39, 0.29) is 42.6 Å². The third kappa shape index (κ3) is 9.85. The van der Waals surface area contributed by atoms with E-state index in [1.54, 1.807) is 0 Å². The SMILES string of the molecule is COC(=O)CC(c1ccc(Cl)cc1Cl)C(O)(c1cncc(C)n1)C(F)(F)F.Cc1cncc(C(O)(C(CC(=O)O)c2ccc(Cl)cc2Cl)C(F)(F)F)n1. The van der Waals surface area contributed by atoms with Gasteiger partial charge in [0.05, 0.1) is 43.7 Å². The van der Waals surface area contributed by atoms with Crippen molar-refractivity contribution in [1.29, 1.82) is 0 Å². The number of aryl methyl sites for hydroxylation is 2. The number of alkyl halides is 6. The first kappa shape index (κ1) is 43.6. The van der Waals surface area contributed by atoms with E-state index in [4.69, 9.17) is 51.5 Å². The summed E-state index contributed by atoms with van der Waals surface area (Å²) in [5.41, 5.74) is -8.80. The van der Waals surface area contributed by atoms with Gasteiger partial charge in [0, 0.05) is 44.3 Å². The van der Waals surface area contributed by atoms with E-state index in [1.807, 2.05) is 0 Å². The number of halogens is 10. The maximum atomic E-state index is 14.1. The van der Waals surface area contributed by atoms with Crippen LogP contribution in [0.2, 0.25) is 20.1 Å². The second-order valence-corrected chi connectivity index (χ2v) is 13.1. The lowest BCUT2D eigenvalue weighted by molar-refractivity contribution is -0.278. The molecule has 4 unspecified atom stereocenters. The van der Waals surface area contributed by atoms with Crippen LogP contribution in [0.4, 0.5) is 26.3 Å². The number of hydrogen-bond acceptors (Lipinski definition) is 9. The number of carbonyl (C=O) groups excluding carboxylic acids is 1. The molecule has 0 aliphatic carbocycles. The number of rotatable bonds is 10. The lowest BCUT2D eigenvalue weighted by atomic mass is 9.77. The number of aliphatic carboxylic acids is 1. The summed E-state index contributed by atoms with van der Waals surface area (Å²) in [4.78, 5) is 37.9. The van der Waals surface area contributed by atoms with Gasteiger partial charge in [0.1, 0.15) is 11.4 Å². The van der Waals surface area contributed by atoms with Gasteiger partial charge in [-0.25, -0.2) is 0 Å². The molecular formula is C33H28Cl4F6N4O6. The minimum Gasteiger partial charge on any atom is -0.481 e. The number of hydrogen-bond donors (Lipinski definition) is 3. The zero-order chi connectivity index (χ0) is 40.1. The molecule has 0 bridgehead atoms. The van der Waals surface area contributed by atoms with E-state index in [2.05, 4.69) is 24.7 Å². The average molecular weight is 832 g/mol. The molecule has 0 fully saturated rings. The zero-order valence-electron chi connectivity index (χ0n) is 27.5. The summed E-state index contributed by atoms with van der Waals surface area (Å²) in [5, 5.41) is 30.7. The Balaban J connectivity index is 0.000000286. The third-order valence-corrected chi connectivity index (χ3v) is 8.94. The van der Waals surface area contributed by atoms with Gasteiger partial charge in [0.25, 0.3) is 0 Å². The van der Waals surface area contributed by atoms with Gasteiger partial charge in [-0.1, -0.05) is 58.5 Å². The molecule has 0 amide bonds. The van der Waals surface area contributed by atoms with Crippen molar-refractivity contribution >= 4 is 58.3 Å². The largest absolute Gasteiger partial charge is 0.481 e. The van der Waals surface area contributed by atoms with Gasteiger partial charge in [-0.15, -0.1) is 0 Å². The van der Waals surface area contributed by atoms with Crippen LogP contribution in [0.5, 0.6) is 0 Å². The molecule has 10 nitrogen and oxygen atoms in total. The summed E-state index contributed by atoms with van der Waals surface area (Å²) in [6.45, 7) is 2.83. The fourth-order valence-corrected chi connectivity index (χ4v) is 6.38. The van der Waals surface area contributed by atoms with Crippen molar-refractivity contribution in [2.45, 2.75) is 62.1 Å². The Bertz CT molecular complexity index is 1960. The average Bonchev–Trinajstić information content (AvgIpc) is 3.05. The summed E-state index contributed by atoms with van der Waals surface area (Å²) >= 11 is 23.6. The Morgan fingerprint density at radius 2 is 1.08 bits per heavy atom. The number of nitrogens with zero attached hydrogens (tertiary/aromatic N) is 4. The molecule has 286 valence electrons. The van der Waals surface area contributed by atoms with Crippen molar-refractivity contribution in [2.24, 2.45) is 0 Å². The van der Waals surface area contributed by atoms with Crippen molar-refractivity contribution in [2.75, 3.05) is 7.11 Å². The second-order valence-electron chi connectivity index (χ2n) is 11.4. The number of esters is 1. The van der Waals surface area contributed by atoms with Crippen molar-refractivity contribution < 1.29 is 56.0 Å². The number of carboxylic acid groups (broad SMARTS) is 1. The fraction of sp³-hybridized carbons (Fsp3) is 0.333. The monoisotopic (exact) mass is 830 g/mol. The van der Waals surface area contributed by atoms with Crippen LogP contribution in [-0.4, -0.2) is 66.7 Å². The highest BCUT2D eigenvalue weighted by atomic mass is 35.5. The van der Waals surface area contributed by atoms with E-state index >= 15 is 0 Å². The maximum Gasteiger partial charge on any atom is 0.423 e. The summed E-state index contributed by atoms with van der Waals surface area (Å²) in [6.07, 6.45) is -8.30. The first-order valence-electron chi connectivity index (χ1n) is 14.8. The van der Waals surface area contributed by atoms with Crippen molar-refractivity contribution in [3.05, 3.63) is 115 Å². The predicted octanol–water partition coefficient (Wildman–Crippen LogP) is 8.29. The van der Waals surface area contributed by atoms with E-state index in [1.165, 1.54) is 56.6 Å². The Morgan fingerprint density at radius 1 is 0.698 bits per heavy atom. The molecule has 0 saturated carbocycles. The molecule has 53 heavy (non-hydrogen) atoms. The van der Waals surface area contributed by atoms with E-state index in [9.17, 15) is 46.1 Å². The lowest BCUT2D eigenvalue weighted by Crippen LogP contribution is -2.49. The van der Waals surface area contributed by atoms with Gasteiger partial charge in [-0.05, 0) is 49.2 Å². The number of aliphatic hydroxyl groups is 2. The van der Waals surface area contributed by atoms with Crippen molar-refractivity contribution in [3.8, 4) is 0 Å². The number of methoxy groups -OCH3 is 1. The number of benzene rings is 2. The molecule has 0 saturated heterocycles. The van der Waals surface area contributed by atoms with E-state index in [0.717, 1.165) is 25.6 Å². The second kappa shape index (κ2) is 17.1. The molecule has 0 aliphatic heterocycles. The van der Waals surface area contributed by atoms with Gasteiger partial charge < -0.3 is 20.1 Å². The highest BCUT2D eigenvalue weighted by molar-refractivity contribution is 6.35. The third-order valence-electron chi connectivity index (χ3n) is 7.82. The Morgan fingerprint density at radius 3 is 1.38 bits per heavy atom. The molecule has 4 rings (SSSR count). The first-order chi connectivity index (χ1) is 24.5. The Kier molecular flexibility index (Phi) is 14.1. The van der Waals surface area contributed by atoms with Crippen LogP contribution in [0.25, 0.3) is 0 Å². The van der Waals surface area contributed by atoms with Crippen LogP contribution in [-0.2, 0) is 25.5 Å². The number of carbonyl (C=O) groups is 2. The maximum absolute atomic E-state index is 14.1. The molecule has 4 aromatic rings. The molecule has 4 atom stereocenters. The number of carboxylic acids is 1. The van der Waals surface area contributed by atoms with Crippen LogP contribution in [0.1, 0.15) is 58.6 Å². The summed E-state index contributed by atoms with van der Waals surface area (Å²) < 4.78 is 88.6. The minimum absolute atomic E-state index is 0.126. The normalized spacial score (nSPS) is 15.2. The molecule has 2 aromatic heterocycles. The molecular weight excluding hydrogens is 804 g/mol. The van der Waals surface area contributed by atoms with Crippen LogP contribution in [0.3, 0.4) is 0 Å². The molecule has 0 aliphatic rings. The van der Waals surface area contributed by atoms with E-state index < -0.39 is 71.6 Å². The lowest BCUT2D eigenvalue weighted by Gasteiger charge is -2.37. The molecule has 3 N–H and O–H groups in total. The Hall–Kier alpha value is -3.80. The van der Waals surface area contributed by atoms with Crippen LogP contribution in [0.15, 0.2) is 61.2 Å². The summed E-state index contributed by atoms with van der Waals surface area (Å²) in [5.74, 6) is -6.33. The van der Waals surface area contributed by atoms with Crippen LogP contribution >= 0.6 is 46.4 Å². The molecule has 20 heteroatoms. The van der Waals surface area contributed by atoms with Crippen molar-refractivity contribution in [3.63, 3.8) is 0 Å². The van der Waals surface area contributed by atoms with Crippen LogP contribution < -0.4 is 0 Å². The van der Waals surface area contributed by atoms with Crippen LogP contribution in [0, 0.1) is 13.8 Å². The van der Waals surface area contributed by atoms with Gasteiger partial charge in [-0.3, -0.25) is 29.5 Å². The number of aromatic nitrogens is 4. The van der Waals surface area contributed by atoms with Gasteiger partial charge in [0.15, 0.2) is 0 Å². The summed E-state index contributed by atoms with van der Waals surface area (Å²) in [6, 6.07) is 7.34. The van der Waals surface area contributed by atoms with Gasteiger partial charge >= 0.3 is 24.3 Å². The highest BCUT2D eigenvalue weighted by Gasteiger charge is 2.63. The fourth-order valence-electron chi connectivity index (χ4n) is 5.30. The van der Waals surface area contributed by atoms with E-state index in [0.29, 0.717) is 0 Å². The highest BCUT2D eigenvalue weighted by Crippen LogP contribution is 2.52. The predicted molar refractivity (Wildman–Crippen MR) is 181 cm³/mol. The van der Waals surface area contributed by atoms with Gasteiger partial charge in [0.2, 0.25) is 11.2 Å². The molecule has 2 heterocycles. The topological polar surface area (TPSA) is 156 Å².